The van der Waals surface area contributed by atoms with Gasteiger partial charge in [-0.3, -0.25) is 4.79 Å². The zero-order valence-electron chi connectivity index (χ0n) is 12.4. The summed E-state index contributed by atoms with van der Waals surface area (Å²) in [5.74, 6) is -1.22. The quantitative estimate of drug-likeness (QED) is 0.495. The number of carbonyl (C=O) groups excluding carboxylic acids is 1. The second-order valence-electron chi connectivity index (χ2n) is 4.71. The number of amides is 1. The van der Waals surface area contributed by atoms with Gasteiger partial charge >= 0.3 is 5.97 Å². The van der Waals surface area contributed by atoms with Crippen molar-refractivity contribution in [1.82, 2.24) is 10.6 Å². The summed E-state index contributed by atoms with van der Waals surface area (Å²) in [5, 5.41) is 14.4. The van der Waals surface area contributed by atoms with Gasteiger partial charge in [-0.25, -0.2) is 4.79 Å². The Bertz CT molecular complexity index is 509. The van der Waals surface area contributed by atoms with Crippen molar-refractivity contribution in [2.45, 2.75) is 25.8 Å². The van der Waals surface area contributed by atoms with E-state index in [2.05, 4.69) is 22.8 Å². The van der Waals surface area contributed by atoms with Gasteiger partial charge in [0, 0.05) is 19.2 Å². The maximum atomic E-state index is 11.0. The number of aryl methyl sites for hydroxylation is 1. The van der Waals surface area contributed by atoms with Crippen LogP contribution in [-0.4, -0.2) is 39.6 Å². The van der Waals surface area contributed by atoms with Gasteiger partial charge in [0.25, 0.3) is 0 Å². The fraction of sp³-hybridized carbons (Fsp3) is 0.400. The number of aliphatic carboxylic acids is 1. The normalized spacial score (nSPS) is 11.5. The van der Waals surface area contributed by atoms with Crippen LogP contribution in [0.3, 0.4) is 0 Å². The van der Waals surface area contributed by atoms with Crippen molar-refractivity contribution >= 4 is 40.2 Å². The van der Waals surface area contributed by atoms with E-state index in [1.165, 1.54) is 24.2 Å². The van der Waals surface area contributed by atoms with Gasteiger partial charge < -0.3 is 15.7 Å². The molecule has 0 radical (unpaired) electrons. The van der Waals surface area contributed by atoms with Crippen molar-refractivity contribution < 1.29 is 14.7 Å². The Morgan fingerprint density at radius 1 is 1.32 bits per heavy atom. The fourth-order valence-electron chi connectivity index (χ4n) is 1.76. The Morgan fingerprint density at radius 3 is 2.59 bits per heavy atom. The average molecular weight is 340 g/mol. The molecule has 7 heteroatoms. The number of carboxylic acid groups (broad SMARTS) is 1. The lowest BCUT2D eigenvalue weighted by molar-refractivity contribution is -0.140. The molecule has 0 fully saturated rings. The molecule has 1 rings (SSSR count). The third-order valence-corrected chi connectivity index (χ3v) is 4.22. The SMILES string of the molecule is CC(=O)N[C@@H](CSC(=S)NCCCc1ccccc1)C(=O)O. The number of carbonyl (C=O) groups is 2. The van der Waals surface area contributed by atoms with Crippen LogP contribution < -0.4 is 10.6 Å². The van der Waals surface area contributed by atoms with Crippen molar-refractivity contribution in [1.29, 1.82) is 0 Å². The minimum Gasteiger partial charge on any atom is -0.480 e. The number of hydrogen-bond acceptors (Lipinski definition) is 4. The molecule has 1 aromatic rings. The van der Waals surface area contributed by atoms with Crippen molar-refractivity contribution in [2.24, 2.45) is 0 Å². The largest absolute Gasteiger partial charge is 0.480 e. The molecular formula is C15H20N2O3S2. The van der Waals surface area contributed by atoms with Crippen LogP contribution in [0.4, 0.5) is 0 Å². The van der Waals surface area contributed by atoms with E-state index in [-0.39, 0.29) is 11.7 Å². The molecule has 0 heterocycles. The van der Waals surface area contributed by atoms with Crippen LogP contribution >= 0.6 is 24.0 Å². The van der Waals surface area contributed by atoms with Crippen LogP contribution in [-0.2, 0) is 16.0 Å². The van der Waals surface area contributed by atoms with E-state index in [0.717, 1.165) is 19.4 Å². The number of rotatable bonds is 8. The smallest absolute Gasteiger partial charge is 0.327 e. The molecule has 120 valence electrons. The third-order valence-electron chi connectivity index (χ3n) is 2.81. The van der Waals surface area contributed by atoms with Gasteiger partial charge in [0.2, 0.25) is 5.91 Å². The fourth-order valence-corrected chi connectivity index (χ4v) is 2.81. The van der Waals surface area contributed by atoms with Crippen LogP contribution in [0, 0.1) is 0 Å². The molecule has 0 saturated carbocycles. The lowest BCUT2D eigenvalue weighted by Gasteiger charge is -2.13. The van der Waals surface area contributed by atoms with Crippen LogP contribution in [0.5, 0.6) is 0 Å². The van der Waals surface area contributed by atoms with E-state index < -0.39 is 12.0 Å². The van der Waals surface area contributed by atoms with Crippen molar-refractivity contribution in [3.05, 3.63) is 35.9 Å². The van der Waals surface area contributed by atoms with Crippen LogP contribution in [0.2, 0.25) is 0 Å². The zero-order chi connectivity index (χ0) is 16.4. The molecule has 0 unspecified atom stereocenters. The number of hydrogen-bond donors (Lipinski definition) is 3. The topological polar surface area (TPSA) is 78.4 Å². The predicted molar refractivity (Wildman–Crippen MR) is 93.1 cm³/mol. The summed E-state index contributed by atoms with van der Waals surface area (Å²) in [5.41, 5.74) is 1.28. The van der Waals surface area contributed by atoms with E-state index in [0.29, 0.717) is 4.32 Å². The molecule has 5 nitrogen and oxygen atoms in total. The van der Waals surface area contributed by atoms with Crippen LogP contribution in [0.15, 0.2) is 30.3 Å². The summed E-state index contributed by atoms with van der Waals surface area (Å²) < 4.78 is 0.546. The van der Waals surface area contributed by atoms with E-state index in [1.54, 1.807) is 0 Å². The summed E-state index contributed by atoms with van der Waals surface area (Å²) in [6.45, 7) is 2.03. The highest BCUT2D eigenvalue weighted by molar-refractivity contribution is 8.23. The van der Waals surface area contributed by atoms with Gasteiger partial charge in [-0.2, -0.15) is 0 Å². The summed E-state index contributed by atoms with van der Waals surface area (Å²) in [7, 11) is 0. The number of nitrogens with one attached hydrogen (secondary N) is 2. The van der Waals surface area contributed by atoms with Gasteiger partial charge in [0.15, 0.2) is 0 Å². The maximum absolute atomic E-state index is 11.0. The monoisotopic (exact) mass is 340 g/mol. The van der Waals surface area contributed by atoms with Gasteiger partial charge in [-0.05, 0) is 18.4 Å². The highest BCUT2D eigenvalue weighted by Crippen LogP contribution is 2.06. The van der Waals surface area contributed by atoms with E-state index in [1.807, 2.05) is 18.2 Å². The van der Waals surface area contributed by atoms with Crippen molar-refractivity contribution in [3.63, 3.8) is 0 Å². The number of thiocarbonyl (C=S) groups is 1. The molecule has 0 aliphatic carbocycles. The van der Waals surface area contributed by atoms with Gasteiger partial charge in [-0.15, -0.1) is 0 Å². The first kappa shape index (κ1) is 18.4. The van der Waals surface area contributed by atoms with Crippen LogP contribution in [0.1, 0.15) is 18.9 Å². The Kier molecular flexibility index (Phi) is 8.54. The lowest BCUT2D eigenvalue weighted by atomic mass is 10.1. The standard InChI is InChI=1S/C15H20N2O3S2/c1-11(18)17-13(14(19)20)10-22-15(21)16-9-5-8-12-6-3-2-4-7-12/h2-4,6-7,13H,5,8-10H2,1H3,(H,16,21)(H,17,18)(H,19,20)/t13-/m0/s1. The van der Waals surface area contributed by atoms with Crippen LogP contribution in [0.25, 0.3) is 0 Å². The first-order chi connectivity index (χ1) is 10.5. The molecule has 0 aliphatic rings. The molecule has 3 N–H and O–H groups in total. The maximum Gasteiger partial charge on any atom is 0.327 e. The van der Waals surface area contributed by atoms with E-state index in [4.69, 9.17) is 17.3 Å². The minimum absolute atomic E-state index is 0.208. The molecule has 1 atom stereocenters. The highest BCUT2D eigenvalue weighted by atomic mass is 32.2. The number of carboxylic acids is 1. The summed E-state index contributed by atoms with van der Waals surface area (Å²) >= 11 is 6.37. The molecule has 0 aliphatic heterocycles. The molecule has 0 aromatic heterocycles. The second-order valence-corrected chi connectivity index (χ2v) is 6.40. The predicted octanol–water partition coefficient (Wildman–Crippen LogP) is 1.82. The van der Waals surface area contributed by atoms with Crippen molar-refractivity contribution in [3.8, 4) is 0 Å². The minimum atomic E-state index is -1.06. The molecular weight excluding hydrogens is 320 g/mol. The molecule has 1 amide bonds. The Hall–Kier alpha value is -1.60. The second kappa shape index (κ2) is 10.2. The number of benzene rings is 1. The highest BCUT2D eigenvalue weighted by Gasteiger charge is 2.18. The summed E-state index contributed by atoms with van der Waals surface area (Å²) in [6.07, 6.45) is 1.91. The van der Waals surface area contributed by atoms with Gasteiger partial charge in [0.1, 0.15) is 10.4 Å². The molecule has 0 saturated heterocycles. The Labute approximate surface area is 139 Å². The Morgan fingerprint density at radius 2 is 2.00 bits per heavy atom. The van der Waals surface area contributed by atoms with E-state index >= 15 is 0 Å². The zero-order valence-corrected chi connectivity index (χ0v) is 14.0. The third kappa shape index (κ3) is 7.99. The molecule has 22 heavy (non-hydrogen) atoms. The summed E-state index contributed by atoms with van der Waals surface area (Å²) in [4.78, 5) is 21.9. The van der Waals surface area contributed by atoms with Gasteiger partial charge in [-0.1, -0.05) is 54.3 Å². The van der Waals surface area contributed by atoms with Crippen molar-refractivity contribution in [2.75, 3.05) is 12.3 Å². The average Bonchev–Trinajstić information content (AvgIpc) is 2.48. The molecule has 0 bridgehead atoms. The Balaban J connectivity index is 2.19. The van der Waals surface area contributed by atoms with E-state index in [9.17, 15) is 9.59 Å². The first-order valence-corrected chi connectivity index (χ1v) is 8.33. The first-order valence-electron chi connectivity index (χ1n) is 6.93. The summed E-state index contributed by atoms with van der Waals surface area (Å²) in [6, 6.07) is 9.25. The number of thioether (sulfide) groups is 1. The van der Waals surface area contributed by atoms with Gasteiger partial charge in [0.05, 0.1) is 0 Å². The lowest BCUT2D eigenvalue weighted by Crippen LogP contribution is -2.42. The molecule has 0 spiro atoms. The molecule has 1 aromatic carbocycles.